The van der Waals surface area contributed by atoms with Gasteiger partial charge >= 0.3 is 0 Å². The first kappa shape index (κ1) is 14.1. The van der Waals surface area contributed by atoms with E-state index < -0.39 is 22.9 Å². The Morgan fingerprint density at radius 1 is 1.24 bits per heavy atom. The van der Waals surface area contributed by atoms with E-state index in [-0.39, 0.29) is 18.4 Å². The van der Waals surface area contributed by atoms with Gasteiger partial charge in [-0.05, 0) is 12.1 Å². The van der Waals surface area contributed by atoms with Crippen LogP contribution in [-0.2, 0) is 11.4 Å². The Labute approximate surface area is 116 Å². The van der Waals surface area contributed by atoms with Gasteiger partial charge in [0.2, 0.25) is 0 Å². The van der Waals surface area contributed by atoms with E-state index in [1.807, 2.05) is 0 Å². The highest BCUT2D eigenvalue weighted by molar-refractivity contribution is 6.09. The Balaban J connectivity index is 2.15. The van der Waals surface area contributed by atoms with Crippen molar-refractivity contribution in [2.24, 2.45) is 5.16 Å². The van der Waals surface area contributed by atoms with Crippen molar-refractivity contribution < 1.29 is 18.0 Å². The third-order valence-corrected chi connectivity index (χ3v) is 2.20. The molecule has 0 saturated carbocycles. The quantitative estimate of drug-likeness (QED) is 0.628. The maximum atomic E-state index is 13.5. The fourth-order valence-electron chi connectivity index (χ4n) is 1.33. The van der Waals surface area contributed by atoms with Gasteiger partial charge in [0.15, 0.2) is 6.61 Å². The van der Waals surface area contributed by atoms with E-state index in [1.54, 1.807) is 0 Å². The second-order valence-corrected chi connectivity index (χ2v) is 3.53. The van der Waals surface area contributed by atoms with Crippen LogP contribution < -0.4 is 0 Å². The molecule has 2 rings (SSSR count). The van der Waals surface area contributed by atoms with Crippen LogP contribution in [0.5, 0.6) is 0 Å². The van der Waals surface area contributed by atoms with E-state index in [4.69, 9.17) is 14.9 Å². The van der Waals surface area contributed by atoms with Crippen LogP contribution in [0.1, 0.15) is 5.89 Å². The van der Waals surface area contributed by atoms with Crippen LogP contribution >= 0.6 is 0 Å². The molecule has 104 valence electrons. The molecule has 7 nitrogen and oxygen atoms in total. The lowest BCUT2D eigenvalue weighted by Gasteiger charge is -1.98. The fraction of sp³-hybridized carbons (Fsp3) is 0.0833. The van der Waals surface area contributed by atoms with Crippen LogP contribution in [0.2, 0.25) is 0 Å². The predicted octanol–water partition coefficient (Wildman–Crippen LogP) is 1.93. The first-order chi connectivity index (χ1) is 10.2. The lowest BCUT2D eigenvalue weighted by atomic mass is 10.2. The van der Waals surface area contributed by atoms with Crippen molar-refractivity contribution >= 4 is 5.71 Å². The van der Waals surface area contributed by atoms with E-state index >= 15 is 0 Å². The van der Waals surface area contributed by atoms with Crippen molar-refractivity contribution in [3.05, 3.63) is 35.7 Å². The highest BCUT2D eigenvalue weighted by Gasteiger charge is 2.17. The van der Waals surface area contributed by atoms with Crippen molar-refractivity contribution in [2.45, 2.75) is 6.61 Å². The topological polar surface area (TPSA) is 108 Å². The number of halogens is 2. The maximum Gasteiger partial charge on any atom is 0.257 e. The molecule has 0 saturated heterocycles. The van der Waals surface area contributed by atoms with Gasteiger partial charge in [-0.15, -0.1) is 10.2 Å². The summed E-state index contributed by atoms with van der Waals surface area (Å²) >= 11 is 0. The molecule has 9 heteroatoms. The molecule has 1 heterocycles. The van der Waals surface area contributed by atoms with E-state index in [2.05, 4.69) is 20.2 Å². The minimum Gasteiger partial charge on any atom is -0.417 e. The Morgan fingerprint density at radius 3 is 2.52 bits per heavy atom. The van der Waals surface area contributed by atoms with Crippen LogP contribution in [0, 0.1) is 34.3 Å². The van der Waals surface area contributed by atoms with Gasteiger partial charge in [0, 0.05) is 0 Å². The lowest BCUT2D eigenvalue weighted by Crippen LogP contribution is -1.93. The van der Waals surface area contributed by atoms with Crippen molar-refractivity contribution in [1.82, 2.24) is 10.2 Å². The number of hydrogen-bond acceptors (Lipinski definition) is 7. The molecular formula is C12H5F2N5O2. The van der Waals surface area contributed by atoms with Crippen LogP contribution in [0.15, 0.2) is 27.8 Å². The van der Waals surface area contributed by atoms with Gasteiger partial charge < -0.3 is 9.25 Å². The number of rotatable bonds is 4. The standard InChI is InChI=1S/C12H5F2N5O2/c13-8-2-1-3-9(14)11(8)12-18-17-10(21-12)6-20-19-7(4-15)5-16/h1-3H,6H2. The molecule has 0 bridgehead atoms. The summed E-state index contributed by atoms with van der Waals surface area (Å²) in [6, 6.07) is 6.27. The molecule has 0 aliphatic rings. The van der Waals surface area contributed by atoms with E-state index in [1.165, 1.54) is 18.2 Å². The molecule has 21 heavy (non-hydrogen) atoms. The SMILES string of the molecule is N#CC(C#N)=NOCc1nnc(-c2c(F)cccc2F)o1. The van der Waals surface area contributed by atoms with Crippen LogP contribution in [0.25, 0.3) is 11.5 Å². The zero-order chi connectivity index (χ0) is 15.2. The largest absolute Gasteiger partial charge is 0.417 e. The molecule has 0 N–H and O–H groups in total. The number of hydrogen-bond donors (Lipinski definition) is 0. The number of nitrogens with zero attached hydrogens (tertiary/aromatic N) is 5. The lowest BCUT2D eigenvalue weighted by molar-refractivity contribution is 0.112. The molecule has 1 aromatic carbocycles. The summed E-state index contributed by atoms with van der Waals surface area (Å²) in [5, 5.41) is 27.0. The maximum absolute atomic E-state index is 13.5. The predicted molar refractivity (Wildman–Crippen MR) is 63.1 cm³/mol. The highest BCUT2D eigenvalue weighted by Crippen LogP contribution is 2.24. The second kappa shape index (κ2) is 6.21. The highest BCUT2D eigenvalue weighted by atomic mass is 19.1. The molecule has 0 fully saturated rings. The first-order valence-corrected chi connectivity index (χ1v) is 5.42. The van der Waals surface area contributed by atoms with E-state index in [0.717, 1.165) is 12.1 Å². The molecule has 0 aliphatic heterocycles. The Hall–Kier alpha value is -3.33. The smallest absolute Gasteiger partial charge is 0.257 e. The van der Waals surface area contributed by atoms with Crippen molar-refractivity contribution in [2.75, 3.05) is 0 Å². The van der Waals surface area contributed by atoms with Gasteiger partial charge in [-0.1, -0.05) is 11.2 Å². The molecular weight excluding hydrogens is 284 g/mol. The van der Waals surface area contributed by atoms with Gasteiger partial charge in [0.25, 0.3) is 17.5 Å². The molecule has 0 unspecified atom stereocenters. The molecule has 0 atom stereocenters. The number of aromatic nitrogens is 2. The van der Waals surface area contributed by atoms with Crippen molar-refractivity contribution in [3.8, 4) is 23.6 Å². The van der Waals surface area contributed by atoms with Gasteiger partial charge in [0.1, 0.15) is 29.3 Å². The zero-order valence-corrected chi connectivity index (χ0v) is 10.2. The van der Waals surface area contributed by atoms with Crippen molar-refractivity contribution in [3.63, 3.8) is 0 Å². The van der Waals surface area contributed by atoms with Gasteiger partial charge in [0.05, 0.1) is 0 Å². The molecule has 0 amide bonds. The van der Waals surface area contributed by atoms with Gasteiger partial charge in [-0.3, -0.25) is 0 Å². The van der Waals surface area contributed by atoms with Gasteiger partial charge in [-0.2, -0.15) is 10.5 Å². The Kier molecular flexibility index (Phi) is 4.17. The fourth-order valence-corrected chi connectivity index (χ4v) is 1.33. The molecule has 0 spiro atoms. The van der Waals surface area contributed by atoms with E-state index in [9.17, 15) is 8.78 Å². The number of oxime groups is 1. The minimum absolute atomic E-state index is 0.119. The third-order valence-electron chi connectivity index (χ3n) is 2.20. The Bertz CT molecular complexity index is 736. The van der Waals surface area contributed by atoms with Crippen LogP contribution in [0.3, 0.4) is 0 Å². The summed E-state index contributed by atoms with van der Waals surface area (Å²) < 4.78 is 32.0. The second-order valence-electron chi connectivity index (χ2n) is 3.53. The summed E-state index contributed by atoms with van der Waals surface area (Å²) in [4.78, 5) is 4.63. The van der Waals surface area contributed by atoms with Crippen molar-refractivity contribution in [1.29, 1.82) is 10.5 Å². The average Bonchev–Trinajstić information content (AvgIpc) is 2.92. The number of nitriles is 2. The minimum atomic E-state index is -0.847. The summed E-state index contributed by atoms with van der Waals surface area (Å²) in [5.74, 6) is -2.17. The summed E-state index contributed by atoms with van der Waals surface area (Å²) in [6.07, 6.45) is 0. The molecule has 2 aromatic rings. The molecule has 0 aliphatic carbocycles. The summed E-state index contributed by atoms with van der Waals surface area (Å²) in [5.41, 5.74) is -0.940. The van der Waals surface area contributed by atoms with Crippen LogP contribution in [-0.4, -0.2) is 15.9 Å². The summed E-state index contributed by atoms with van der Waals surface area (Å²) in [7, 11) is 0. The number of benzene rings is 1. The van der Waals surface area contributed by atoms with E-state index in [0.29, 0.717) is 0 Å². The monoisotopic (exact) mass is 289 g/mol. The molecule has 1 aromatic heterocycles. The Morgan fingerprint density at radius 2 is 1.90 bits per heavy atom. The summed E-state index contributed by atoms with van der Waals surface area (Å²) in [6.45, 7) is -0.351. The normalized spacial score (nSPS) is 9.52. The first-order valence-electron chi connectivity index (χ1n) is 5.42. The van der Waals surface area contributed by atoms with Crippen LogP contribution in [0.4, 0.5) is 8.78 Å². The third kappa shape index (κ3) is 3.16. The zero-order valence-electron chi connectivity index (χ0n) is 10.2. The molecule has 0 radical (unpaired) electrons. The van der Waals surface area contributed by atoms with Gasteiger partial charge in [-0.25, -0.2) is 8.78 Å². The average molecular weight is 289 g/mol.